The SMILES string of the molecule is CC1CCC(N2CCC(=O)NC(C(C)(C)C)C2=O)CC1C. The lowest BCUT2D eigenvalue weighted by Crippen LogP contribution is -2.54. The molecule has 1 saturated carbocycles. The zero-order chi connectivity index (χ0) is 15.8. The van der Waals surface area contributed by atoms with E-state index in [9.17, 15) is 9.59 Å². The van der Waals surface area contributed by atoms with Crippen molar-refractivity contribution in [1.82, 2.24) is 10.2 Å². The number of carbonyl (C=O) groups is 2. The predicted octanol–water partition coefficient (Wildman–Crippen LogP) is 2.57. The van der Waals surface area contributed by atoms with Crippen molar-refractivity contribution in [2.24, 2.45) is 17.3 Å². The van der Waals surface area contributed by atoms with E-state index >= 15 is 0 Å². The molecule has 0 aromatic heterocycles. The third-order valence-electron chi connectivity index (χ3n) is 5.29. The fourth-order valence-corrected chi connectivity index (χ4v) is 3.54. The van der Waals surface area contributed by atoms with Crippen molar-refractivity contribution >= 4 is 11.8 Å². The molecule has 2 fully saturated rings. The summed E-state index contributed by atoms with van der Waals surface area (Å²) in [4.78, 5) is 26.9. The van der Waals surface area contributed by atoms with Gasteiger partial charge in [0.05, 0.1) is 0 Å². The summed E-state index contributed by atoms with van der Waals surface area (Å²) in [5.41, 5.74) is -0.247. The van der Waals surface area contributed by atoms with Gasteiger partial charge in [0, 0.05) is 19.0 Å². The van der Waals surface area contributed by atoms with Crippen LogP contribution >= 0.6 is 0 Å². The molecule has 2 aliphatic rings. The zero-order valence-electron chi connectivity index (χ0n) is 14.1. The molecule has 1 N–H and O–H groups in total. The molecule has 4 heteroatoms. The molecule has 2 amide bonds. The third kappa shape index (κ3) is 3.58. The Morgan fingerprint density at radius 1 is 1.10 bits per heavy atom. The first-order valence-electron chi connectivity index (χ1n) is 8.30. The van der Waals surface area contributed by atoms with Crippen LogP contribution in [0.4, 0.5) is 0 Å². The number of amides is 2. The average Bonchev–Trinajstić information content (AvgIpc) is 2.52. The summed E-state index contributed by atoms with van der Waals surface area (Å²) in [5, 5.41) is 2.93. The smallest absolute Gasteiger partial charge is 0.245 e. The monoisotopic (exact) mass is 294 g/mol. The van der Waals surface area contributed by atoms with E-state index in [0.717, 1.165) is 18.8 Å². The zero-order valence-corrected chi connectivity index (χ0v) is 14.1. The summed E-state index contributed by atoms with van der Waals surface area (Å²) < 4.78 is 0. The number of nitrogens with one attached hydrogen (secondary N) is 1. The second-order valence-corrected chi connectivity index (χ2v) is 8.07. The van der Waals surface area contributed by atoms with Crippen LogP contribution in [0, 0.1) is 17.3 Å². The predicted molar refractivity (Wildman–Crippen MR) is 83.7 cm³/mol. The van der Waals surface area contributed by atoms with Crippen LogP contribution in [0.25, 0.3) is 0 Å². The Balaban J connectivity index is 2.18. The Bertz CT molecular complexity index is 414. The van der Waals surface area contributed by atoms with E-state index in [-0.39, 0.29) is 17.2 Å². The molecular weight excluding hydrogens is 264 g/mol. The maximum Gasteiger partial charge on any atom is 0.245 e. The van der Waals surface area contributed by atoms with E-state index in [2.05, 4.69) is 19.2 Å². The Morgan fingerprint density at radius 2 is 1.76 bits per heavy atom. The summed E-state index contributed by atoms with van der Waals surface area (Å²) >= 11 is 0. The standard InChI is InChI=1S/C17H30N2O2/c1-11-6-7-13(10-12(11)2)19-9-8-14(20)18-15(16(19)21)17(3,4)5/h11-13,15H,6-10H2,1-5H3,(H,18,20). The van der Waals surface area contributed by atoms with Gasteiger partial charge in [-0.05, 0) is 36.5 Å². The highest BCUT2D eigenvalue weighted by Crippen LogP contribution is 2.34. The number of carbonyl (C=O) groups excluding carboxylic acids is 2. The lowest BCUT2D eigenvalue weighted by atomic mass is 9.78. The van der Waals surface area contributed by atoms with Crippen molar-refractivity contribution in [3.63, 3.8) is 0 Å². The molecule has 1 heterocycles. The Labute approximate surface area is 128 Å². The highest BCUT2D eigenvalue weighted by Gasteiger charge is 2.41. The first-order chi connectivity index (χ1) is 9.70. The Hall–Kier alpha value is -1.06. The summed E-state index contributed by atoms with van der Waals surface area (Å²) in [6, 6.07) is -0.0941. The minimum absolute atomic E-state index is 0.00278. The number of hydrogen-bond acceptors (Lipinski definition) is 2. The maximum atomic E-state index is 12.9. The summed E-state index contributed by atoms with van der Waals surface area (Å²) in [5.74, 6) is 1.50. The quantitative estimate of drug-likeness (QED) is 0.808. The first kappa shape index (κ1) is 16.3. The topological polar surface area (TPSA) is 49.4 Å². The molecule has 4 nitrogen and oxygen atoms in total. The van der Waals surface area contributed by atoms with E-state index in [1.807, 2.05) is 25.7 Å². The van der Waals surface area contributed by atoms with Gasteiger partial charge in [-0.2, -0.15) is 0 Å². The van der Waals surface area contributed by atoms with Crippen LogP contribution in [0.2, 0.25) is 0 Å². The minimum atomic E-state index is -0.401. The maximum absolute atomic E-state index is 12.9. The minimum Gasteiger partial charge on any atom is -0.344 e. The molecule has 1 aliphatic carbocycles. The first-order valence-corrected chi connectivity index (χ1v) is 8.30. The summed E-state index contributed by atoms with van der Waals surface area (Å²) in [7, 11) is 0. The molecule has 0 aromatic rings. The van der Waals surface area contributed by atoms with Crippen LogP contribution in [-0.2, 0) is 9.59 Å². The molecule has 4 atom stereocenters. The average molecular weight is 294 g/mol. The van der Waals surface area contributed by atoms with E-state index in [1.54, 1.807) is 0 Å². The van der Waals surface area contributed by atoms with Crippen LogP contribution in [0.1, 0.15) is 60.3 Å². The highest BCUT2D eigenvalue weighted by atomic mass is 16.2. The van der Waals surface area contributed by atoms with E-state index in [0.29, 0.717) is 24.9 Å². The largest absolute Gasteiger partial charge is 0.344 e. The Morgan fingerprint density at radius 3 is 2.33 bits per heavy atom. The number of rotatable bonds is 1. The van der Waals surface area contributed by atoms with Crippen LogP contribution in [0.5, 0.6) is 0 Å². The molecule has 4 unspecified atom stereocenters. The number of nitrogens with zero attached hydrogens (tertiary/aromatic N) is 1. The molecule has 0 bridgehead atoms. The molecule has 1 saturated heterocycles. The van der Waals surface area contributed by atoms with Gasteiger partial charge in [0.15, 0.2) is 0 Å². The normalized spacial score (nSPS) is 35.4. The van der Waals surface area contributed by atoms with Crippen LogP contribution in [0.15, 0.2) is 0 Å². The molecule has 120 valence electrons. The van der Waals surface area contributed by atoms with Crippen molar-refractivity contribution in [2.75, 3.05) is 6.54 Å². The van der Waals surface area contributed by atoms with Gasteiger partial charge in [-0.1, -0.05) is 34.6 Å². The van der Waals surface area contributed by atoms with Crippen molar-refractivity contribution in [3.8, 4) is 0 Å². The van der Waals surface area contributed by atoms with Gasteiger partial charge < -0.3 is 10.2 Å². The fraction of sp³-hybridized carbons (Fsp3) is 0.882. The van der Waals surface area contributed by atoms with Gasteiger partial charge in [-0.25, -0.2) is 0 Å². The van der Waals surface area contributed by atoms with Gasteiger partial charge in [0.2, 0.25) is 11.8 Å². The summed E-state index contributed by atoms with van der Waals surface area (Å²) in [6.45, 7) is 11.2. The van der Waals surface area contributed by atoms with Crippen molar-refractivity contribution in [1.29, 1.82) is 0 Å². The van der Waals surface area contributed by atoms with Gasteiger partial charge in [0.25, 0.3) is 0 Å². The van der Waals surface area contributed by atoms with Gasteiger partial charge in [0.1, 0.15) is 6.04 Å². The molecule has 1 aliphatic heterocycles. The van der Waals surface area contributed by atoms with Crippen molar-refractivity contribution in [2.45, 2.75) is 72.4 Å². The van der Waals surface area contributed by atoms with E-state index in [1.165, 1.54) is 6.42 Å². The van der Waals surface area contributed by atoms with Gasteiger partial charge in [-0.15, -0.1) is 0 Å². The molecule has 0 aromatic carbocycles. The van der Waals surface area contributed by atoms with Crippen LogP contribution in [0.3, 0.4) is 0 Å². The van der Waals surface area contributed by atoms with Crippen LogP contribution in [-0.4, -0.2) is 35.3 Å². The summed E-state index contributed by atoms with van der Waals surface area (Å²) in [6.07, 6.45) is 3.75. The van der Waals surface area contributed by atoms with Crippen molar-refractivity contribution < 1.29 is 9.59 Å². The Kier molecular flexibility index (Phi) is 4.64. The van der Waals surface area contributed by atoms with Gasteiger partial charge >= 0.3 is 0 Å². The third-order valence-corrected chi connectivity index (χ3v) is 5.29. The second-order valence-electron chi connectivity index (χ2n) is 8.07. The van der Waals surface area contributed by atoms with Crippen LogP contribution < -0.4 is 5.32 Å². The van der Waals surface area contributed by atoms with E-state index < -0.39 is 6.04 Å². The molecule has 0 radical (unpaired) electrons. The molecule has 21 heavy (non-hydrogen) atoms. The lowest BCUT2D eigenvalue weighted by Gasteiger charge is -2.41. The second kappa shape index (κ2) is 5.98. The van der Waals surface area contributed by atoms with Gasteiger partial charge in [-0.3, -0.25) is 9.59 Å². The van der Waals surface area contributed by atoms with Crippen molar-refractivity contribution in [3.05, 3.63) is 0 Å². The lowest BCUT2D eigenvalue weighted by molar-refractivity contribution is -0.139. The number of hydrogen-bond donors (Lipinski definition) is 1. The molecule has 0 spiro atoms. The highest BCUT2D eigenvalue weighted by molar-refractivity contribution is 5.90. The molecule has 2 rings (SSSR count). The van der Waals surface area contributed by atoms with E-state index in [4.69, 9.17) is 0 Å². The molecular formula is C17H30N2O2. The fourth-order valence-electron chi connectivity index (χ4n) is 3.54.